The standard InChI is InChI=1S/C6H13O4P/c1-6(9,2-3-10-11)4-5(7)8/h9H,2-4,11H2,1H3,(H,7,8). The van der Waals surface area contributed by atoms with Crippen LogP contribution in [0.1, 0.15) is 19.8 Å². The molecule has 5 heteroatoms. The van der Waals surface area contributed by atoms with Crippen molar-refractivity contribution in [1.29, 1.82) is 0 Å². The Morgan fingerprint density at radius 1 is 1.73 bits per heavy atom. The Labute approximate surface area is 67.8 Å². The topological polar surface area (TPSA) is 66.8 Å². The Kier molecular flexibility index (Phi) is 4.57. The zero-order valence-corrected chi connectivity index (χ0v) is 7.56. The van der Waals surface area contributed by atoms with Crippen LogP contribution in [0.5, 0.6) is 0 Å². The van der Waals surface area contributed by atoms with Gasteiger partial charge >= 0.3 is 5.97 Å². The number of rotatable bonds is 5. The average Bonchev–Trinajstić information content (AvgIpc) is 1.81. The van der Waals surface area contributed by atoms with Crippen LogP contribution >= 0.6 is 9.47 Å². The van der Waals surface area contributed by atoms with E-state index in [1.807, 2.05) is 9.47 Å². The summed E-state index contributed by atoms with van der Waals surface area (Å²) in [5, 5.41) is 17.7. The van der Waals surface area contributed by atoms with Crippen molar-refractivity contribution < 1.29 is 19.5 Å². The fourth-order valence-corrected chi connectivity index (χ4v) is 0.811. The van der Waals surface area contributed by atoms with E-state index < -0.39 is 11.6 Å². The molecule has 0 heterocycles. The van der Waals surface area contributed by atoms with Crippen LogP contribution in [0.25, 0.3) is 0 Å². The number of aliphatic carboxylic acids is 1. The van der Waals surface area contributed by atoms with Crippen molar-refractivity contribution in [2.45, 2.75) is 25.4 Å². The second-order valence-electron chi connectivity index (χ2n) is 2.69. The molecule has 0 aromatic carbocycles. The Hall–Kier alpha value is -0.180. The van der Waals surface area contributed by atoms with Crippen LogP contribution in [0.3, 0.4) is 0 Å². The highest BCUT2D eigenvalue weighted by atomic mass is 31.0. The SMILES string of the molecule is CC(O)(CCOP)CC(=O)O. The lowest BCUT2D eigenvalue weighted by atomic mass is 9.99. The first-order valence-electron chi connectivity index (χ1n) is 3.24. The lowest BCUT2D eigenvalue weighted by Crippen LogP contribution is -2.28. The van der Waals surface area contributed by atoms with Crippen molar-refractivity contribution in [2.75, 3.05) is 6.61 Å². The molecule has 0 spiro atoms. The highest BCUT2D eigenvalue weighted by Gasteiger charge is 2.23. The van der Waals surface area contributed by atoms with Crippen LogP contribution in [0.2, 0.25) is 0 Å². The van der Waals surface area contributed by atoms with Gasteiger partial charge in [-0.2, -0.15) is 0 Å². The zero-order chi connectivity index (χ0) is 8.91. The number of aliphatic hydroxyl groups is 1. The summed E-state index contributed by atoms with van der Waals surface area (Å²) in [5.41, 5.74) is -1.16. The Balaban J connectivity index is 3.70. The van der Waals surface area contributed by atoms with Crippen LogP contribution < -0.4 is 0 Å². The molecule has 2 N–H and O–H groups in total. The zero-order valence-electron chi connectivity index (χ0n) is 6.41. The smallest absolute Gasteiger partial charge is 0.306 e. The summed E-state index contributed by atoms with van der Waals surface area (Å²) in [6.45, 7) is 1.82. The molecule has 66 valence electrons. The largest absolute Gasteiger partial charge is 0.481 e. The van der Waals surface area contributed by atoms with Crippen molar-refractivity contribution >= 4 is 15.4 Å². The van der Waals surface area contributed by atoms with Gasteiger partial charge in [-0.1, -0.05) is 0 Å². The van der Waals surface area contributed by atoms with E-state index in [1.54, 1.807) is 0 Å². The summed E-state index contributed by atoms with van der Waals surface area (Å²) in [4.78, 5) is 10.2. The van der Waals surface area contributed by atoms with Gasteiger partial charge < -0.3 is 14.7 Å². The van der Waals surface area contributed by atoms with Crippen molar-refractivity contribution in [3.8, 4) is 0 Å². The predicted molar refractivity (Wildman–Crippen MR) is 43.2 cm³/mol. The van der Waals surface area contributed by atoms with Crippen LogP contribution in [0, 0.1) is 0 Å². The lowest BCUT2D eigenvalue weighted by Gasteiger charge is -2.19. The van der Waals surface area contributed by atoms with E-state index in [9.17, 15) is 9.90 Å². The number of carboxylic acids is 1. The van der Waals surface area contributed by atoms with Gasteiger partial charge in [0.05, 0.1) is 18.6 Å². The molecule has 11 heavy (non-hydrogen) atoms. The molecule has 0 radical (unpaired) electrons. The predicted octanol–water partition coefficient (Wildman–Crippen LogP) is 0.409. The molecule has 0 fully saturated rings. The highest BCUT2D eigenvalue weighted by molar-refractivity contribution is 7.09. The average molecular weight is 180 g/mol. The van der Waals surface area contributed by atoms with Crippen molar-refractivity contribution in [3.63, 3.8) is 0 Å². The van der Waals surface area contributed by atoms with Gasteiger partial charge in [-0.25, -0.2) is 0 Å². The van der Waals surface area contributed by atoms with Gasteiger partial charge in [0.2, 0.25) is 0 Å². The third kappa shape index (κ3) is 6.23. The van der Waals surface area contributed by atoms with Crippen LogP contribution in [0.15, 0.2) is 0 Å². The summed E-state index contributed by atoms with van der Waals surface area (Å²) >= 11 is 0. The maximum Gasteiger partial charge on any atom is 0.306 e. The third-order valence-electron chi connectivity index (χ3n) is 1.29. The van der Waals surface area contributed by atoms with E-state index in [2.05, 4.69) is 4.52 Å². The van der Waals surface area contributed by atoms with Gasteiger partial charge in [0.1, 0.15) is 0 Å². The summed E-state index contributed by atoms with van der Waals surface area (Å²) in [5.74, 6) is -1.00. The second-order valence-corrected chi connectivity index (χ2v) is 3.02. The molecule has 2 atom stereocenters. The van der Waals surface area contributed by atoms with Gasteiger partial charge in [-0.15, -0.1) is 0 Å². The summed E-state index contributed by atoms with van der Waals surface area (Å²) in [7, 11) is 2.04. The van der Waals surface area contributed by atoms with Crippen molar-refractivity contribution in [1.82, 2.24) is 0 Å². The molecule has 0 aliphatic carbocycles. The number of carboxylic acid groups (broad SMARTS) is 1. The molecule has 0 saturated carbocycles. The highest BCUT2D eigenvalue weighted by Crippen LogP contribution is 2.14. The van der Waals surface area contributed by atoms with Crippen molar-refractivity contribution in [2.24, 2.45) is 0 Å². The summed E-state index contributed by atoms with van der Waals surface area (Å²) in [6.07, 6.45) is 0.0732. The minimum atomic E-state index is -1.16. The molecule has 4 nitrogen and oxygen atoms in total. The van der Waals surface area contributed by atoms with Gasteiger partial charge in [0.25, 0.3) is 0 Å². The van der Waals surface area contributed by atoms with Crippen LogP contribution in [-0.4, -0.2) is 28.4 Å². The van der Waals surface area contributed by atoms with E-state index in [4.69, 9.17) is 5.11 Å². The van der Waals surface area contributed by atoms with E-state index in [0.717, 1.165) is 0 Å². The molecule has 0 amide bonds. The number of hydrogen-bond donors (Lipinski definition) is 2. The normalized spacial score (nSPS) is 15.9. The van der Waals surface area contributed by atoms with Gasteiger partial charge in [-0.3, -0.25) is 4.79 Å². The molecule has 0 aromatic rings. The molecule has 0 aliphatic rings. The van der Waals surface area contributed by atoms with Crippen molar-refractivity contribution in [3.05, 3.63) is 0 Å². The van der Waals surface area contributed by atoms with E-state index >= 15 is 0 Å². The fraction of sp³-hybridized carbons (Fsp3) is 0.833. The fourth-order valence-electron chi connectivity index (χ4n) is 0.693. The quantitative estimate of drug-likeness (QED) is 0.601. The van der Waals surface area contributed by atoms with E-state index in [0.29, 0.717) is 13.0 Å². The lowest BCUT2D eigenvalue weighted by molar-refractivity contribution is -0.142. The van der Waals surface area contributed by atoms with Crippen LogP contribution in [0.4, 0.5) is 0 Å². The Morgan fingerprint density at radius 2 is 2.27 bits per heavy atom. The minimum absolute atomic E-state index is 0.249. The Morgan fingerprint density at radius 3 is 2.64 bits per heavy atom. The van der Waals surface area contributed by atoms with E-state index in [1.165, 1.54) is 6.92 Å². The molecule has 0 bridgehead atoms. The summed E-state index contributed by atoms with van der Waals surface area (Å²) in [6, 6.07) is 0. The number of hydrogen-bond acceptors (Lipinski definition) is 3. The minimum Gasteiger partial charge on any atom is -0.481 e. The third-order valence-corrected chi connectivity index (χ3v) is 1.53. The maximum atomic E-state index is 10.2. The molecule has 0 aromatic heterocycles. The molecular weight excluding hydrogens is 167 g/mol. The van der Waals surface area contributed by atoms with Gasteiger partial charge in [-0.05, 0) is 6.92 Å². The molecule has 0 rings (SSSR count). The van der Waals surface area contributed by atoms with Crippen LogP contribution in [-0.2, 0) is 9.32 Å². The monoisotopic (exact) mass is 180 g/mol. The molecule has 0 saturated heterocycles. The van der Waals surface area contributed by atoms with E-state index in [-0.39, 0.29) is 6.42 Å². The first-order chi connectivity index (χ1) is 4.98. The van der Waals surface area contributed by atoms with Gasteiger partial charge in [0, 0.05) is 15.9 Å². The first-order valence-corrected chi connectivity index (χ1v) is 3.71. The number of carbonyl (C=O) groups is 1. The summed E-state index contributed by atoms with van der Waals surface area (Å²) < 4.78 is 4.62. The first kappa shape index (κ1) is 10.8. The maximum absolute atomic E-state index is 10.2. The second kappa shape index (κ2) is 4.65. The molecule has 0 aliphatic heterocycles. The molecular formula is C6H13O4P. The molecule has 2 unspecified atom stereocenters. The Bertz CT molecular complexity index is 135. The van der Waals surface area contributed by atoms with Gasteiger partial charge in [0.15, 0.2) is 0 Å².